The number of ether oxygens (including phenoxy) is 1. The molecule has 29 heavy (non-hydrogen) atoms. The minimum absolute atomic E-state index is 0.231. The summed E-state index contributed by atoms with van der Waals surface area (Å²) in [5, 5.41) is 0. The highest BCUT2D eigenvalue weighted by Gasteiger charge is 2.24. The quantitative estimate of drug-likeness (QED) is 0.811. The number of carbonyl (C=O) groups excluding carboxylic acids is 1. The number of hydrogen-bond donors (Lipinski definition) is 1. The zero-order chi connectivity index (χ0) is 21.0. The van der Waals surface area contributed by atoms with E-state index in [9.17, 15) is 4.79 Å². The molecule has 1 N–H and O–H groups in total. The van der Waals surface area contributed by atoms with E-state index < -0.39 is 0 Å². The molecular weight excluding hydrogens is 362 g/mol. The second-order valence-corrected chi connectivity index (χ2v) is 8.21. The summed E-state index contributed by atoms with van der Waals surface area (Å²) in [7, 11) is 3.77. The maximum atomic E-state index is 12.8. The Kier molecular flexibility index (Phi) is 6.80. The number of nitrogens with one attached hydrogen (secondary N) is 1. The summed E-state index contributed by atoms with van der Waals surface area (Å²) >= 11 is 0. The lowest BCUT2D eigenvalue weighted by Gasteiger charge is -2.37. The molecule has 0 aliphatic carbocycles. The molecule has 5 heteroatoms. The fourth-order valence-electron chi connectivity index (χ4n) is 4.08. The zero-order valence-corrected chi connectivity index (χ0v) is 18.4. The summed E-state index contributed by atoms with van der Waals surface area (Å²) in [4.78, 5) is 18.4. The van der Waals surface area contributed by atoms with Crippen molar-refractivity contribution in [1.29, 1.82) is 0 Å². The summed E-state index contributed by atoms with van der Waals surface area (Å²) in [5.41, 5.74) is 6.31. The second kappa shape index (κ2) is 9.31. The van der Waals surface area contributed by atoms with Gasteiger partial charge in [0, 0.05) is 37.4 Å². The van der Waals surface area contributed by atoms with Crippen molar-refractivity contribution >= 4 is 11.6 Å². The summed E-state index contributed by atoms with van der Waals surface area (Å²) in [5.74, 6) is 1.12. The van der Waals surface area contributed by atoms with Crippen molar-refractivity contribution in [2.75, 3.05) is 51.8 Å². The van der Waals surface area contributed by atoms with Crippen LogP contribution in [0, 0.1) is 20.8 Å². The van der Waals surface area contributed by atoms with Gasteiger partial charge in [0.05, 0.1) is 14.2 Å². The van der Waals surface area contributed by atoms with Crippen LogP contribution in [0.2, 0.25) is 0 Å². The molecule has 3 rings (SSSR count). The van der Waals surface area contributed by atoms with E-state index in [1.165, 1.54) is 27.3 Å². The third-order valence-corrected chi connectivity index (χ3v) is 5.93. The van der Waals surface area contributed by atoms with E-state index in [0.29, 0.717) is 6.54 Å². The first-order valence-electron chi connectivity index (χ1n) is 10.4. The van der Waals surface area contributed by atoms with Gasteiger partial charge in [-0.1, -0.05) is 23.8 Å². The van der Waals surface area contributed by atoms with Gasteiger partial charge >= 0.3 is 0 Å². The minimum atomic E-state index is 0.231. The molecule has 1 fully saturated rings. The molecule has 1 saturated heterocycles. The Balaban J connectivity index is 1.54. The molecule has 0 bridgehead atoms. The average Bonchev–Trinajstić information content (AvgIpc) is 2.70. The van der Waals surface area contributed by atoms with Gasteiger partial charge in [-0.05, 0) is 50.1 Å². The van der Waals surface area contributed by atoms with Crippen LogP contribution in [0.15, 0.2) is 36.4 Å². The zero-order valence-electron chi connectivity index (χ0n) is 18.4. The topological polar surface area (TPSA) is 37.2 Å². The molecule has 1 aliphatic rings. The monoisotopic (exact) mass is 396 g/mol. The van der Waals surface area contributed by atoms with Crippen LogP contribution in [-0.2, 0) is 11.3 Å². The molecule has 1 heterocycles. The first kappa shape index (κ1) is 21.2. The number of rotatable bonds is 6. The van der Waals surface area contributed by atoms with Crippen LogP contribution in [0.3, 0.4) is 0 Å². The highest BCUT2D eigenvalue weighted by molar-refractivity contribution is 5.77. The molecule has 156 valence electrons. The molecule has 1 unspecified atom stereocenters. The first-order valence-corrected chi connectivity index (χ1v) is 10.4. The molecule has 5 nitrogen and oxygen atoms in total. The number of nitrogens with zero attached hydrogens (tertiary/aromatic N) is 2. The van der Waals surface area contributed by atoms with Crippen LogP contribution < -0.4 is 14.5 Å². The number of quaternary nitrogens is 1. The minimum Gasteiger partial charge on any atom is -0.496 e. The van der Waals surface area contributed by atoms with E-state index >= 15 is 0 Å². The average molecular weight is 397 g/mol. The van der Waals surface area contributed by atoms with Crippen LogP contribution in [0.1, 0.15) is 22.3 Å². The van der Waals surface area contributed by atoms with Gasteiger partial charge in [-0.15, -0.1) is 0 Å². The molecule has 2 aromatic carbocycles. The fraction of sp³-hybridized carbons (Fsp3) is 0.458. The highest BCUT2D eigenvalue weighted by atomic mass is 16.5. The number of hydrogen-bond acceptors (Lipinski definition) is 3. The number of likely N-dealkylation sites (N-methyl/N-ethyl adjacent to an activating group) is 1. The number of methoxy groups -OCH3 is 1. The van der Waals surface area contributed by atoms with E-state index in [-0.39, 0.29) is 5.91 Å². The molecule has 0 spiro atoms. The van der Waals surface area contributed by atoms with Gasteiger partial charge in [0.1, 0.15) is 12.3 Å². The molecule has 1 amide bonds. The van der Waals surface area contributed by atoms with Crippen molar-refractivity contribution in [1.82, 2.24) is 4.90 Å². The van der Waals surface area contributed by atoms with Crippen molar-refractivity contribution in [3.8, 4) is 5.75 Å². The Morgan fingerprint density at radius 3 is 2.48 bits per heavy atom. The van der Waals surface area contributed by atoms with E-state index in [1.54, 1.807) is 7.11 Å². The number of amides is 1. The third kappa shape index (κ3) is 5.10. The number of benzene rings is 2. The second-order valence-electron chi connectivity index (χ2n) is 8.21. The van der Waals surface area contributed by atoms with Crippen LogP contribution in [0.5, 0.6) is 5.75 Å². The van der Waals surface area contributed by atoms with Gasteiger partial charge in [0.15, 0.2) is 6.54 Å². The summed E-state index contributed by atoms with van der Waals surface area (Å²) in [6.45, 7) is 11.0. The van der Waals surface area contributed by atoms with Gasteiger partial charge in [0.25, 0.3) is 5.91 Å². The lowest BCUT2D eigenvalue weighted by Crippen LogP contribution is -3.09. The largest absolute Gasteiger partial charge is 0.496 e. The van der Waals surface area contributed by atoms with Crippen LogP contribution in [0.25, 0.3) is 0 Å². The maximum absolute atomic E-state index is 12.8. The molecule has 0 radical (unpaired) electrons. The van der Waals surface area contributed by atoms with E-state index in [1.807, 2.05) is 11.0 Å². The summed E-state index contributed by atoms with van der Waals surface area (Å²) in [6, 6.07) is 12.7. The van der Waals surface area contributed by atoms with Crippen LogP contribution in [-0.4, -0.2) is 57.7 Å². The molecule has 0 aromatic heterocycles. The van der Waals surface area contributed by atoms with Gasteiger partial charge in [-0.2, -0.15) is 0 Å². The van der Waals surface area contributed by atoms with Crippen molar-refractivity contribution in [2.45, 2.75) is 27.3 Å². The van der Waals surface area contributed by atoms with E-state index in [2.05, 4.69) is 63.1 Å². The fourth-order valence-corrected chi connectivity index (χ4v) is 4.08. The molecular formula is C24H34N3O2+. The van der Waals surface area contributed by atoms with Crippen molar-refractivity contribution in [3.05, 3.63) is 58.7 Å². The lowest BCUT2D eigenvalue weighted by molar-refractivity contribution is -0.885. The molecule has 1 atom stereocenters. The Bertz CT molecular complexity index is 857. The molecule has 2 aromatic rings. The Hall–Kier alpha value is -2.53. The standard InChI is InChI=1S/C24H33N3O2/c1-18-9-10-23(29-5)21(15-18)16-25(4)17-24(28)27-13-11-26(12-14-27)22-8-6-7-19(2)20(22)3/h6-10,15H,11-14,16-17H2,1-5H3/p+1. The van der Waals surface area contributed by atoms with Crippen LogP contribution >= 0.6 is 0 Å². The number of carbonyl (C=O) groups is 1. The van der Waals surface area contributed by atoms with Crippen molar-refractivity contribution in [2.24, 2.45) is 0 Å². The SMILES string of the molecule is COc1ccc(C)cc1C[NH+](C)CC(=O)N1CCN(c2cccc(C)c2C)CC1. The molecule has 0 saturated carbocycles. The van der Waals surface area contributed by atoms with Gasteiger partial charge in [-0.25, -0.2) is 0 Å². The predicted molar refractivity (Wildman–Crippen MR) is 118 cm³/mol. The summed E-state index contributed by atoms with van der Waals surface area (Å²) < 4.78 is 5.48. The lowest BCUT2D eigenvalue weighted by atomic mass is 10.1. The smallest absolute Gasteiger partial charge is 0.277 e. The molecule has 1 aliphatic heterocycles. The Labute approximate surface area is 174 Å². The summed E-state index contributed by atoms with van der Waals surface area (Å²) in [6.07, 6.45) is 0. The number of aryl methyl sites for hydroxylation is 2. The van der Waals surface area contributed by atoms with Crippen molar-refractivity contribution in [3.63, 3.8) is 0 Å². The van der Waals surface area contributed by atoms with E-state index in [4.69, 9.17) is 4.74 Å². The highest BCUT2D eigenvalue weighted by Crippen LogP contribution is 2.24. The normalized spacial score (nSPS) is 15.3. The van der Waals surface area contributed by atoms with Gasteiger partial charge < -0.3 is 19.4 Å². The third-order valence-electron chi connectivity index (χ3n) is 5.93. The first-order chi connectivity index (χ1) is 13.9. The predicted octanol–water partition coefficient (Wildman–Crippen LogP) is 1.98. The Morgan fingerprint density at radius 2 is 1.79 bits per heavy atom. The Morgan fingerprint density at radius 1 is 1.07 bits per heavy atom. The number of piperazine rings is 1. The van der Waals surface area contributed by atoms with E-state index in [0.717, 1.165) is 44.0 Å². The van der Waals surface area contributed by atoms with Crippen LogP contribution in [0.4, 0.5) is 5.69 Å². The van der Waals surface area contributed by atoms with Gasteiger partial charge in [-0.3, -0.25) is 4.79 Å². The maximum Gasteiger partial charge on any atom is 0.277 e. The number of anilines is 1. The van der Waals surface area contributed by atoms with Crippen molar-refractivity contribution < 1.29 is 14.4 Å². The van der Waals surface area contributed by atoms with Gasteiger partial charge in [0.2, 0.25) is 0 Å².